The lowest BCUT2D eigenvalue weighted by Gasteiger charge is -2.27. The van der Waals surface area contributed by atoms with Gasteiger partial charge in [-0.1, -0.05) is 51.1 Å². The Kier molecular flexibility index (Phi) is 6.82. The first-order chi connectivity index (χ1) is 12.8. The van der Waals surface area contributed by atoms with Crippen molar-refractivity contribution in [2.24, 2.45) is 16.4 Å². The second kappa shape index (κ2) is 9.07. The second-order valence-electron chi connectivity index (χ2n) is 7.27. The molecule has 6 heteroatoms. The number of esters is 1. The van der Waals surface area contributed by atoms with Gasteiger partial charge >= 0.3 is 5.97 Å². The summed E-state index contributed by atoms with van der Waals surface area (Å²) >= 11 is 0. The molecule has 0 unspecified atom stereocenters. The number of hydrogen-bond donors (Lipinski definition) is 1. The average Bonchev–Trinajstić information content (AvgIpc) is 2.66. The Hall–Kier alpha value is -3.02. The van der Waals surface area contributed by atoms with Crippen molar-refractivity contribution in [3.05, 3.63) is 54.2 Å². The highest BCUT2D eigenvalue weighted by Gasteiger charge is 2.33. The van der Waals surface area contributed by atoms with Gasteiger partial charge in [0.05, 0.1) is 31.4 Å². The molecule has 1 aromatic heterocycles. The van der Waals surface area contributed by atoms with E-state index < -0.39 is 17.3 Å². The van der Waals surface area contributed by atoms with Crippen molar-refractivity contribution < 1.29 is 14.3 Å². The van der Waals surface area contributed by atoms with Crippen molar-refractivity contribution in [1.29, 1.82) is 0 Å². The standard InChI is InChI=1S/C21H25N3O3/c1-21(2,3)17(13-19(25)27-4)20(26)24-23-14-15-8-10-16(11-9-15)18-7-5-6-12-22-18/h5-12,14,17H,13H2,1-4H3,(H,24,26)/t17-/m0/s1. The maximum atomic E-state index is 12.4. The van der Waals surface area contributed by atoms with Crippen LogP contribution in [0, 0.1) is 11.3 Å². The maximum absolute atomic E-state index is 12.4. The van der Waals surface area contributed by atoms with Crippen LogP contribution in [-0.2, 0) is 14.3 Å². The van der Waals surface area contributed by atoms with Crippen molar-refractivity contribution in [3.8, 4) is 11.3 Å². The molecule has 1 N–H and O–H groups in total. The number of hydrazone groups is 1. The van der Waals surface area contributed by atoms with Gasteiger partial charge < -0.3 is 4.74 Å². The molecular weight excluding hydrogens is 342 g/mol. The van der Waals surface area contributed by atoms with E-state index in [0.29, 0.717) is 0 Å². The number of ether oxygens (including phenoxy) is 1. The number of carbonyl (C=O) groups is 2. The van der Waals surface area contributed by atoms with Crippen LogP contribution in [-0.4, -0.2) is 30.2 Å². The van der Waals surface area contributed by atoms with E-state index in [-0.39, 0.29) is 12.3 Å². The normalized spacial score (nSPS) is 12.6. The minimum atomic E-state index is -0.534. The third-order valence-electron chi connectivity index (χ3n) is 4.22. The Bertz CT molecular complexity index is 794. The highest BCUT2D eigenvalue weighted by atomic mass is 16.5. The number of amides is 1. The topological polar surface area (TPSA) is 80.7 Å². The number of hydrogen-bond acceptors (Lipinski definition) is 5. The molecule has 1 aromatic carbocycles. The van der Waals surface area contributed by atoms with Crippen LogP contribution in [0.3, 0.4) is 0 Å². The number of nitrogens with one attached hydrogen (secondary N) is 1. The molecule has 142 valence electrons. The van der Waals surface area contributed by atoms with E-state index in [1.165, 1.54) is 7.11 Å². The van der Waals surface area contributed by atoms with Gasteiger partial charge in [0, 0.05) is 11.8 Å². The van der Waals surface area contributed by atoms with Gasteiger partial charge in [0.25, 0.3) is 0 Å². The van der Waals surface area contributed by atoms with Crippen molar-refractivity contribution in [2.45, 2.75) is 27.2 Å². The molecule has 0 aliphatic heterocycles. The molecule has 0 saturated heterocycles. The summed E-state index contributed by atoms with van der Waals surface area (Å²) in [6.45, 7) is 5.71. The van der Waals surface area contributed by atoms with Crippen molar-refractivity contribution >= 4 is 18.1 Å². The number of carbonyl (C=O) groups excluding carboxylic acids is 2. The molecule has 2 aromatic rings. The Balaban J connectivity index is 2.00. The second-order valence-corrected chi connectivity index (χ2v) is 7.27. The van der Waals surface area contributed by atoms with Crippen molar-refractivity contribution in [1.82, 2.24) is 10.4 Å². The Morgan fingerprint density at radius 2 is 1.89 bits per heavy atom. The summed E-state index contributed by atoms with van der Waals surface area (Å²) in [5.41, 5.74) is 4.87. The molecule has 0 aliphatic rings. The third-order valence-corrected chi connectivity index (χ3v) is 4.22. The van der Waals surface area contributed by atoms with E-state index in [1.54, 1.807) is 12.4 Å². The Morgan fingerprint density at radius 3 is 2.44 bits per heavy atom. The van der Waals surface area contributed by atoms with Crippen LogP contribution in [0.15, 0.2) is 53.8 Å². The van der Waals surface area contributed by atoms with Crippen LogP contribution in [0.1, 0.15) is 32.8 Å². The summed E-state index contributed by atoms with van der Waals surface area (Å²) in [5.74, 6) is -1.26. The van der Waals surface area contributed by atoms with Crippen LogP contribution in [0.5, 0.6) is 0 Å². The molecule has 0 radical (unpaired) electrons. The zero-order valence-corrected chi connectivity index (χ0v) is 16.1. The molecule has 1 heterocycles. The number of nitrogens with zero attached hydrogens (tertiary/aromatic N) is 2. The number of rotatable bonds is 6. The smallest absolute Gasteiger partial charge is 0.306 e. The highest BCUT2D eigenvalue weighted by molar-refractivity contribution is 5.86. The lowest BCUT2D eigenvalue weighted by atomic mass is 9.78. The van der Waals surface area contributed by atoms with Gasteiger partial charge in [-0.2, -0.15) is 5.10 Å². The molecule has 1 atom stereocenters. The summed E-state index contributed by atoms with van der Waals surface area (Å²) in [6.07, 6.45) is 3.33. The van der Waals surface area contributed by atoms with Crippen LogP contribution in [0.2, 0.25) is 0 Å². The Morgan fingerprint density at radius 1 is 1.19 bits per heavy atom. The Labute approximate surface area is 159 Å². The van der Waals surface area contributed by atoms with Gasteiger partial charge in [0.15, 0.2) is 0 Å². The first kappa shape index (κ1) is 20.3. The molecule has 0 saturated carbocycles. The summed E-state index contributed by atoms with van der Waals surface area (Å²) in [6, 6.07) is 13.4. The fraction of sp³-hybridized carbons (Fsp3) is 0.333. The average molecular weight is 367 g/mol. The predicted molar refractivity (Wildman–Crippen MR) is 105 cm³/mol. The molecule has 2 rings (SSSR count). The fourth-order valence-electron chi connectivity index (χ4n) is 2.56. The van der Waals surface area contributed by atoms with Gasteiger partial charge in [-0.25, -0.2) is 5.43 Å². The summed E-state index contributed by atoms with van der Waals surface area (Å²) in [4.78, 5) is 28.3. The van der Waals surface area contributed by atoms with E-state index in [2.05, 4.69) is 20.2 Å². The maximum Gasteiger partial charge on any atom is 0.306 e. The fourth-order valence-corrected chi connectivity index (χ4v) is 2.56. The zero-order chi connectivity index (χ0) is 19.9. The van der Waals surface area contributed by atoms with E-state index in [1.807, 2.05) is 63.2 Å². The molecule has 27 heavy (non-hydrogen) atoms. The summed E-state index contributed by atoms with van der Waals surface area (Å²) in [7, 11) is 1.31. The molecule has 0 spiro atoms. The molecule has 0 bridgehead atoms. The minimum absolute atomic E-state index is 0.0140. The third kappa shape index (κ3) is 6.02. The number of pyridine rings is 1. The highest BCUT2D eigenvalue weighted by Crippen LogP contribution is 2.29. The van der Waals surface area contributed by atoms with Crippen LogP contribution >= 0.6 is 0 Å². The van der Waals surface area contributed by atoms with E-state index in [9.17, 15) is 9.59 Å². The SMILES string of the molecule is COC(=O)C[C@@H](C(=O)NN=Cc1ccc(-c2ccccn2)cc1)C(C)(C)C. The largest absolute Gasteiger partial charge is 0.469 e. The minimum Gasteiger partial charge on any atom is -0.469 e. The van der Waals surface area contributed by atoms with Crippen LogP contribution < -0.4 is 5.43 Å². The molecular formula is C21H25N3O3. The molecule has 6 nitrogen and oxygen atoms in total. The van der Waals surface area contributed by atoms with Crippen LogP contribution in [0.4, 0.5) is 0 Å². The summed E-state index contributed by atoms with van der Waals surface area (Å²) in [5, 5.41) is 4.02. The first-order valence-corrected chi connectivity index (χ1v) is 8.72. The van der Waals surface area contributed by atoms with Gasteiger partial charge in [-0.3, -0.25) is 14.6 Å². The van der Waals surface area contributed by atoms with Gasteiger partial charge in [-0.05, 0) is 23.1 Å². The molecule has 0 aliphatic carbocycles. The van der Waals surface area contributed by atoms with Gasteiger partial charge in [0.1, 0.15) is 0 Å². The first-order valence-electron chi connectivity index (χ1n) is 8.72. The zero-order valence-electron chi connectivity index (χ0n) is 16.1. The summed E-state index contributed by atoms with van der Waals surface area (Å²) < 4.78 is 4.69. The predicted octanol–water partition coefficient (Wildman–Crippen LogP) is 3.42. The molecule has 1 amide bonds. The molecule has 0 fully saturated rings. The van der Waals surface area contributed by atoms with E-state index in [0.717, 1.165) is 16.8 Å². The van der Waals surface area contributed by atoms with Crippen molar-refractivity contribution in [2.75, 3.05) is 7.11 Å². The number of aromatic nitrogens is 1. The number of methoxy groups -OCH3 is 1. The van der Waals surface area contributed by atoms with Crippen molar-refractivity contribution in [3.63, 3.8) is 0 Å². The van der Waals surface area contributed by atoms with Crippen LogP contribution in [0.25, 0.3) is 11.3 Å². The quantitative estimate of drug-likeness (QED) is 0.482. The van der Waals surface area contributed by atoms with E-state index >= 15 is 0 Å². The lowest BCUT2D eigenvalue weighted by molar-refractivity contribution is -0.146. The lowest BCUT2D eigenvalue weighted by Crippen LogP contribution is -2.37. The van der Waals surface area contributed by atoms with E-state index in [4.69, 9.17) is 0 Å². The number of benzene rings is 1. The van der Waals surface area contributed by atoms with Gasteiger partial charge in [0.2, 0.25) is 5.91 Å². The monoisotopic (exact) mass is 367 g/mol. The van der Waals surface area contributed by atoms with Gasteiger partial charge in [-0.15, -0.1) is 0 Å².